The van der Waals surface area contributed by atoms with E-state index < -0.39 is 0 Å². The van der Waals surface area contributed by atoms with Gasteiger partial charge >= 0.3 is 0 Å². The summed E-state index contributed by atoms with van der Waals surface area (Å²) in [5.41, 5.74) is 6.11. The van der Waals surface area contributed by atoms with Crippen LogP contribution in [0.3, 0.4) is 0 Å². The van der Waals surface area contributed by atoms with Crippen LogP contribution >= 0.6 is 0 Å². The second-order valence-electron chi connectivity index (χ2n) is 6.75. The maximum atomic E-state index is 6.12. The molecule has 6 nitrogen and oxygen atoms in total. The molecule has 2 heterocycles. The number of nitrogens with two attached hydrogens (primary N) is 1. The van der Waals surface area contributed by atoms with E-state index in [1.54, 1.807) is 0 Å². The molecule has 2 aliphatic heterocycles. The van der Waals surface area contributed by atoms with Gasteiger partial charge < -0.3 is 20.1 Å². The topological polar surface area (TPSA) is 63.3 Å². The molecule has 21 heavy (non-hydrogen) atoms. The summed E-state index contributed by atoms with van der Waals surface area (Å²) in [5, 5.41) is 0. The summed E-state index contributed by atoms with van der Waals surface area (Å²) in [6.07, 6.45) is 0.544. The van der Waals surface area contributed by atoms with Crippen molar-refractivity contribution in [3.05, 3.63) is 0 Å². The molecular weight excluding hydrogens is 268 g/mol. The molecule has 2 unspecified atom stereocenters. The largest absolute Gasteiger partial charge is 0.378 e. The Labute approximate surface area is 128 Å². The summed E-state index contributed by atoms with van der Waals surface area (Å²) in [4.78, 5) is 9.19. The first kappa shape index (κ1) is 16.5. The smallest absolute Gasteiger partial charge is 0.191 e. The molecule has 0 aromatic heterocycles. The van der Waals surface area contributed by atoms with Gasteiger partial charge in [0.25, 0.3) is 0 Å². The molecule has 0 amide bonds. The van der Waals surface area contributed by atoms with E-state index in [1.807, 2.05) is 0 Å². The number of rotatable bonds is 3. The number of aliphatic imine (C=N–C) groups is 1. The van der Waals surface area contributed by atoms with Gasteiger partial charge in [0.2, 0.25) is 0 Å². The fraction of sp³-hybridized carbons (Fsp3) is 0.933. The summed E-state index contributed by atoms with van der Waals surface area (Å²) in [5.74, 6) is 0.640. The molecule has 2 saturated heterocycles. The molecule has 0 aromatic carbocycles. The van der Waals surface area contributed by atoms with Crippen molar-refractivity contribution >= 4 is 5.96 Å². The molecule has 2 N–H and O–H groups in total. The van der Waals surface area contributed by atoms with Gasteiger partial charge in [0.05, 0.1) is 32.0 Å². The Morgan fingerprint density at radius 2 is 1.76 bits per heavy atom. The zero-order valence-corrected chi connectivity index (χ0v) is 13.8. The Morgan fingerprint density at radius 3 is 2.33 bits per heavy atom. The van der Waals surface area contributed by atoms with Gasteiger partial charge in [0.15, 0.2) is 5.96 Å². The molecule has 6 heteroatoms. The normalized spacial score (nSPS) is 29.7. The van der Waals surface area contributed by atoms with Crippen molar-refractivity contribution in [3.63, 3.8) is 0 Å². The second kappa shape index (κ2) is 6.94. The van der Waals surface area contributed by atoms with Gasteiger partial charge in [-0.15, -0.1) is 0 Å². The van der Waals surface area contributed by atoms with Crippen LogP contribution in [0.1, 0.15) is 27.7 Å². The van der Waals surface area contributed by atoms with Crippen LogP contribution in [0.25, 0.3) is 0 Å². The third-order valence-corrected chi connectivity index (χ3v) is 4.24. The Bertz CT molecular complexity index is 357. The highest BCUT2D eigenvalue weighted by Crippen LogP contribution is 2.21. The molecule has 0 aromatic rings. The van der Waals surface area contributed by atoms with Crippen molar-refractivity contribution < 1.29 is 9.47 Å². The fourth-order valence-electron chi connectivity index (χ4n) is 2.94. The standard InChI is InChI=1S/C15H30N4O2/c1-12-9-19(10-13(2)21-12)15(3,4)11-17-14(16)18-5-7-20-8-6-18/h12-13H,5-11H2,1-4H3,(H2,16,17). The minimum atomic E-state index is -0.0107. The number of hydrogen-bond acceptors (Lipinski definition) is 4. The minimum Gasteiger partial charge on any atom is -0.378 e. The van der Waals surface area contributed by atoms with Crippen LogP contribution in [0.15, 0.2) is 4.99 Å². The molecule has 122 valence electrons. The second-order valence-corrected chi connectivity index (χ2v) is 6.75. The average molecular weight is 298 g/mol. The Balaban J connectivity index is 1.93. The van der Waals surface area contributed by atoms with E-state index in [2.05, 4.69) is 42.5 Å². The van der Waals surface area contributed by atoms with E-state index >= 15 is 0 Å². The molecule has 2 atom stereocenters. The summed E-state index contributed by atoms with van der Waals surface area (Å²) >= 11 is 0. The Kier molecular flexibility index (Phi) is 5.46. The highest BCUT2D eigenvalue weighted by Gasteiger charge is 2.33. The molecule has 0 aliphatic carbocycles. The highest BCUT2D eigenvalue weighted by atomic mass is 16.5. The summed E-state index contributed by atoms with van der Waals surface area (Å²) < 4.78 is 11.1. The van der Waals surface area contributed by atoms with Crippen LogP contribution in [0.2, 0.25) is 0 Å². The third kappa shape index (κ3) is 4.56. The van der Waals surface area contributed by atoms with Crippen molar-refractivity contribution in [3.8, 4) is 0 Å². The van der Waals surface area contributed by atoms with Gasteiger partial charge in [-0.2, -0.15) is 0 Å². The maximum Gasteiger partial charge on any atom is 0.191 e. The van der Waals surface area contributed by atoms with Crippen LogP contribution < -0.4 is 5.73 Å². The van der Waals surface area contributed by atoms with Gasteiger partial charge in [-0.1, -0.05) is 0 Å². The van der Waals surface area contributed by atoms with Gasteiger partial charge in [0.1, 0.15) is 0 Å². The Hall–Kier alpha value is -0.850. The quantitative estimate of drug-likeness (QED) is 0.608. The molecule has 2 aliphatic rings. The monoisotopic (exact) mass is 298 g/mol. The minimum absolute atomic E-state index is 0.0107. The van der Waals surface area contributed by atoms with Crippen LogP contribution in [0, 0.1) is 0 Å². The van der Waals surface area contributed by atoms with Crippen LogP contribution in [-0.4, -0.2) is 79.4 Å². The van der Waals surface area contributed by atoms with Gasteiger partial charge in [-0.05, 0) is 27.7 Å². The number of nitrogens with zero attached hydrogens (tertiary/aromatic N) is 3. The van der Waals surface area contributed by atoms with Crippen LogP contribution in [0.5, 0.6) is 0 Å². The maximum absolute atomic E-state index is 6.12. The number of hydrogen-bond donors (Lipinski definition) is 1. The van der Waals surface area contributed by atoms with E-state index in [-0.39, 0.29) is 17.7 Å². The number of morpholine rings is 2. The van der Waals surface area contributed by atoms with Crippen LogP contribution in [0.4, 0.5) is 0 Å². The first-order chi connectivity index (χ1) is 9.88. The molecular formula is C15H30N4O2. The van der Waals surface area contributed by atoms with Crippen molar-refractivity contribution in [1.82, 2.24) is 9.80 Å². The molecule has 0 bridgehead atoms. The average Bonchev–Trinajstić information content (AvgIpc) is 2.45. The lowest BCUT2D eigenvalue weighted by atomic mass is 10.0. The molecule has 2 rings (SSSR count). The molecule has 0 spiro atoms. The van der Waals surface area contributed by atoms with Crippen molar-refractivity contribution in [2.75, 3.05) is 45.9 Å². The summed E-state index contributed by atoms with van der Waals surface area (Å²) in [7, 11) is 0. The molecule has 0 radical (unpaired) electrons. The highest BCUT2D eigenvalue weighted by molar-refractivity contribution is 5.78. The Morgan fingerprint density at radius 1 is 1.19 bits per heavy atom. The lowest BCUT2D eigenvalue weighted by Gasteiger charge is -2.44. The van der Waals surface area contributed by atoms with Crippen molar-refractivity contribution in [2.45, 2.75) is 45.4 Å². The van der Waals surface area contributed by atoms with Crippen molar-refractivity contribution in [1.29, 1.82) is 0 Å². The lowest BCUT2D eigenvalue weighted by molar-refractivity contribution is -0.0939. The predicted molar refractivity (Wildman–Crippen MR) is 84.5 cm³/mol. The van der Waals surface area contributed by atoms with Crippen LogP contribution in [-0.2, 0) is 9.47 Å². The molecule has 2 fully saturated rings. The van der Waals surface area contributed by atoms with Gasteiger partial charge in [0, 0.05) is 31.7 Å². The van der Waals surface area contributed by atoms with E-state index in [4.69, 9.17) is 15.2 Å². The molecule has 0 saturated carbocycles. The summed E-state index contributed by atoms with van der Waals surface area (Å²) in [6, 6.07) is 0. The third-order valence-electron chi connectivity index (χ3n) is 4.24. The number of ether oxygens (including phenoxy) is 2. The first-order valence-corrected chi connectivity index (χ1v) is 7.91. The summed E-state index contributed by atoms with van der Waals surface area (Å²) in [6.45, 7) is 14.5. The number of guanidine groups is 1. The SMILES string of the molecule is CC1CN(C(C)(C)CN=C(N)N2CCOCC2)CC(C)O1. The fourth-order valence-corrected chi connectivity index (χ4v) is 2.94. The van der Waals surface area contributed by atoms with Gasteiger partial charge in [-0.25, -0.2) is 0 Å². The zero-order valence-electron chi connectivity index (χ0n) is 13.8. The van der Waals surface area contributed by atoms with Crippen molar-refractivity contribution in [2.24, 2.45) is 10.7 Å². The van der Waals surface area contributed by atoms with E-state index in [0.29, 0.717) is 12.5 Å². The van der Waals surface area contributed by atoms with E-state index in [9.17, 15) is 0 Å². The van der Waals surface area contributed by atoms with E-state index in [0.717, 1.165) is 39.4 Å². The van der Waals surface area contributed by atoms with E-state index in [1.165, 1.54) is 0 Å². The van der Waals surface area contributed by atoms with Gasteiger partial charge in [-0.3, -0.25) is 9.89 Å². The first-order valence-electron chi connectivity index (χ1n) is 7.91. The zero-order chi connectivity index (χ0) is 15.5. The predicted octanol–water partition coefficient (Wildman–Crippen LogP) is 0.521. The lowest BCUT2D eigenvalue weighted by Crippen LogP contribution is -2.56.